The Balaban J connectivity index is 3.02. The second kappa shape index (κ2) is 5.31. The highest BCUT2D eigenvalue weighted by Crippen LogP contribution is 2.37. The first-order valence-electron chi connectivity index (χ1n) is 6.67. The minimum atomic E-state index is -0.422. The number of allylic oxidation sites excluding steroid dienone is 1. The van der Waals surface area contributed by atoms with E-state index in [9.17, 15) is 9.59 Å². The van der Waals surface area contributed by atoms with Crippen LogP contribution in [0.15, 0.2) is 11.1 Å². The Labute approximate surface area is 120 Å². The standard InChI is InChI=1S/C15H25NO2S/c1-10-9-16(13(18)15(5,6)7)12(19-10)8-11(17)14(2,3)4/h8,10H,9H2,1-7H3/b12-8-. The lowest BCUT2D eigenvalue weighted by Crippen LogP contribution is -2.37. The zero-order valence-electron chi connectivity index (χ0n) is 13.0. The predicted octanol–water partition coefficient (Wildman–Crippen LogP) is 3.45. The van der Waals surface area contributed by atoms with Crippen molar-refractivity contribution in [2.75, 3.05) is 6.54 Å². The molecule has 0 N–H and O–H groups in total. The van der Waals surface area contributed by atoms with Crippen LogP contribution in [0.1, 0.15) is 48.5 Å². The van der Waals surface area contributed by atoms with Gasteiger partial charge < -0.3 is 4.90 Å². The molecule has 1 fully saturated rings. The predicted molar refractivity (Wildman–Crippen MR) is 80.8 cm³/mol. The number of hydrogen-bond donors (Lipinski definition) is 0. The Morgan fingerprint density at radius 3 is 2.11 bits per heavy atom. The van der Waals surface area contributed by atoms with Crippen LogP contribution in [0.4, 0.5) is 0 Å². The fourth-order valence-electron chi connectivity index (χ4n) is 1.68. The fraction of sp³-hybridized carbons (Fsp3) is 0.733. The maximum absolute atomic E-state index is 12.4. The Kier molecular flexibility index (Phi) is 4.55. The summed E-state index contributed by atoms with van der Waals surface area (Å²) in [4.78, 5) is 26.3. The molecule has 1 aliphatic rings. The van der Waals surface area contributed by atoms with Crippen molar-refractivity contribution >= 4 is 23.5 Å². The highest BCUT2D eigenvalue weighted by Gasteiger charge is 2.36. The van der Waals surface area contributed by atoms with Crippen LogP contribution >= 0.6 is 11.8 Å². The second-order valence-corrected chi connectivity index (χ2v) is 8.65. The summed E-state index contributed by atoms with van der Waals surface area (Å²) < 4.78 is 0. The van der Waals surface area contributed by atoms with Crippen molar-refractivity contribution in [2.45, 2.75) is 53.7 Å². The highest BCUT2D eigenvalue weighted by atomic mass is 32.2. The molecule has 1 aliphatic heterocycles. The number of thioether (sulfide) groups is 1. The zero-order chi connectivity index (χ0) is 15.0. The van der Waals surface area contributed by atoms with Gasteiger partial charge in [-0.05, 0) is 0 Å². The average Bonchev–Trinajstić information content (AvgIpc) is 2.55. The van der Waals surface area contributed by atoms with Crippen molar-refractivity contribution in [3.05, 3.63) is 11.1 Å². The van der Waals surface area contributed by atoms with E-state index in [0.29, 0.717) is 11.8 Å². The van der Waals surface area contributed by atoms with E-state index >= 15 is 0 Å². The minimum absolute atomic E-state index is 0.0656. The molecule has 108 valence electrons. The molecule has 0 aromatic heterocycles. The van der Waals surface area contributed by atoms with Gasteiger partial charge in [0.15, 0.2) is 5.78 Å². The number of carbonyl (C=O) groups excluding carboxylic acids is 2. The van der Waals surface area contributed by atoms with Gasteiger partial charge in [0, 0.05) is 28.7 Å². The van der Waals surface area contributed by atoms with Crippen LogP contribution in [0.25, 0.3) is 0 Å². The number of carbonyl (C=O) groups is 2. The third-order valence-electron chi connectivity index (χ3n) is 2.91. The zero-order valence-corrected chi connectivity index (χ0v) is 13.9. The van der Waals surface area contributed by atoms with E-state index in [4.69, 9.17) is 0 Å². The van der Waals surface area contributed by atoms with Crippen molar-refractivity contribution in [2.24, 2.45) is 10.8 Å². The molecule has 0 bridgehead atoms. The van der Waals surface area contributed by atoms with Crippen LogP contribution in [-0.2, 0) is 9.59 Å². The Morgan fingerprint density at radius 1 is 1.16 bits per heavy atom. The van der Waals surface area contributed by atoms with Gasteiger partial charge in [-0.2, -0.15) is 0 Å². The summed E-state index contributed by atoms with van der Waals surface area (Å²) in [6.07, 6.45) is 1.64. The molecule has 1 heterocycles. The molecule has 1 unspecified atom stereocenters. The lowest BCUT2D eigenvalue weighted by atomic mass is 9.90. The van der Waals surface area contributed by atoms with Crippen LogP contribution in [0.3, 0.4) is 0 Å². The van der Waals surface area contributed by atoms with Crippen molar-refractivity contribution in [1.82, 2.24) is 4.90 Å². The molecule has 4 heteroatoms. The molecular formula is C15H25NO2S. The van der Waals surface area contributed by atoms with E-state index in [0.717, 1.165) is 5.03 Å². The molecule has 0 radical (unpaired) electrons. The smallest absolute Gasteiger partial charge is 0.232 e. The number of ketones is 1. The quantitative estimate of drug-likeness (QED) is 0.692. The molecule has 0 aliphatic carbocycles. The molecule has 1 atom stereocenters. The summed E-state index contributed by atoms with van der Waals surface area (Å²) >= 11 is 1.61. The number of rotatable bonds is 1. The van der Waals surface area contributed by atoms with Gasteiger partial charge in [0.25, 0.3) is 0 Å². The first-order chi connectivity index (χ1) is 8.43. The monoisotopic (exact) mass is 283 g/mol. The van der Waals surface area contributed by atoms with E-state index in [2.05, 4.69) is 6.92 Å². The third-order valence-corrected chi connectivity index (χ3v) is 4.04. The van der Waals surface area contributed by atoms with Crippen LogP contribution < -0.4 is 0 Å². The Morgan fingerprint density at radius 2 is 1.68 bits per heavy atom. The van der Waals surface area contributed by atoms with Crippen molar-refractivity contribution in [3.63, 3.8) is 0 Å². The molecular weight excluding hydrogens is 258 g/mol. The van der Waals surface area contributed by atoms with E-state index < -0.39 is 10.8 Å². The molecule has 19 heavy (non-hydrogen) atoms. The van der Waals surface area contributed by atoms with E-state index in [-0.39, 0.29) is 11.7 Å². The Hall–Kier alpha value is -0.770. The highest BCUT2D eigenvalue weighted by molar-refractivity contribution is 8.03. The van der Waals surface area contributed by atoms with Crippen LogP contribution in [0, 0.1) is 10.8 Å². The molecule has 0 spiro atoms. The van der Waals surface area contributed by atoms with Crippen LogP contribution in [0.5, 0.6) is 0 Å². The van der Waals surface area contributed by atoms with Crippen LogP contribution in [0.2, 0.25) is 0 Å². The van der Waals surface area contributed by atoms with Crippen molar-refractivity contribution < 1.29 is 9.59 Å². The van der Waals surface area contributed by atoms with Gasteiger partial charge in [-0.15, -0.1) is 11.8 Å². The second-order valence-electron chi connectivity index (χ2n) is 7.19. The Bertz CT molecular complexity index is 413. The number of amides is 1. The average molecular weight is 283 g/mol. The van der Waals surface area contributed by atoms with E-state index in [1.54, 1.807) is 22.7 Å². The number of nitrogens with zero attached hydrogens (tertiary/aromatic N) is 1. The molecule has 3 nitrogen and oxygen atoms in total. The SMILES string of the molecule is CC1CN(C(=O)C(C)(C)C)/C(=C/C(=O)C(C)(C)C)S1. The number of hydrogen-bond acceptors (Lipinski definition) is 3. The molecule has 0 aromatic rings. The van der Waals surface area contributed by atoms with Gasteiger partial charge in [-0.1, -0.05) is 48.5 Å². The summed E-state index contributed by atoms with van der Waals surface area (Å²) in [6, 6.07) is 0. The van der Waals surface area contributed by atoms with E-state index in [1.807, 2.05) is 41.5 Å². The molecule has 0 saturated carbocycles. The van der Waals surface area contributed by atoms with Gasteiger partial charge >= 0.3 is 0 Å². The lowest BCUT2D eigenvalue weighted by molar-refractivity contribution is -0.136. The van der Waals surface area contributed by atoms with Gasteiger partial charge in [0.2, 0.25) is 5.91 Å². The molecule has 1 saturated heterocycles. The van der Waals surface area contributed by atoms with Gasteiger partial charge in [0.1, 0.15) is 0 Å². The first kappa shape index (κ1) is 16.3. The third kappa shape index (κ3) is 4.10. The lowest BCUT2D eigenvalue weighted by Gasteiger charge is -2.26. The largest absolute Gasteiger partial charge is 0.305 e. The first-order valence-corrected chi connectivity index (χ1v) is 7.55. The van der Waals surface area contributed by atoms with Crippen molar-refractivity contribution in [1.29, 1.82) is 0 Å². The van der Waals surface area contributed by atoms with Crippen LogP contribution in [-0.4, -0.2) is 28.4 Å². The molecule has 0 aromatic carbocycles. The normalized spacial score (nSPS) is 23.0. The summed E-state index contributed by atoms with van der Waals surface area (Å²) in [5.41, 5.74) is -0.829. The topological polar surface area (TPSA) is 37.4 Å². The van der Waals surface area contributed by atoms with E-state index in [1.165, 1.54) is 0 Å². The maximum atomic E-state index is 12.4. The van der Waals surface area contributed by atoms with Crippen molar-refractivity contribution in [3.8, 4) is 0 Å². The van der Waals surface area contributed by atoms with Gasteiger partial charge in [-0.3, -0.25) is 9.59 Å². The molecule has 1 amide bonds. The maximum Gasteiger partial charge on any atom is 0.232 e. The summed E-state index contributed by atoms with van der Waals surface area (Å²) in [5.74, 6) is 0.146. The molecule has 1 rings (SSSR count). The van der Waals surface area contributed by atoms with Gasteiger partial charge in [-0.25, -0.2) is 0 Å². The fourth-order valence-corrected chi connectivity index (χ4v) is 2.78. The van der Waals surface area contributed by atoms with Gasteiger partial charge in [0.05, 0.1) is 5.03 Å². The summed E-state index contributed by atoms with van der Waals surface area (Å²) in [5, 5.41) is 1.14. The summed E-state index contributed by atoms with van der Waals surface area (Å²) in [6.45, 7) is 14.2. The summed E-state index contributed by atoms with van der Waals surface area (Å²) in [7, 11) is 0. The minimum Gasteiger partial charge on any atom is -0.305 e.